The molecule has 4 saturated carbocycles. The van der Waals surface area contributed by atoms with Crippen molar-refractivity contribution in [1.82, 2.24) is 19.6 Å². The Morgan fingerprint density at radius 3 is 0.781 bits per heavy atom. The molecular weight excluding hydrogens is 1430 g/mol. The lowest BCUT2D eigenvalue weighted by Gasteiger charge is -2.45. The largest absolute Gasteiger partial charge is 0.508 e. The summed E-state index contributed by atoms with van der Waals surface area (Å²) in [5.41, 5.74) is 8.48. The van der Waals surface area contributed by atoms with Crippen molar-refractivity contribution in [2.75, 3.05) is 0 Å². The molecule has 2 aliphatic heterocycles. The van der Waals surface area contributed by atoms with Crippen molar-refractivity contribution >= 4 is 78.5 Å². The summed E-state index contributed by atoms with van der Waals surface area (Å²) >= 11 is 0. The number of nitrogens with zero attached hydrogens (tertiary/aromatic N) is 4. The average molecular weight is 1530 g/mol. The van der Waals surface area contributed by atoms with E-state index in [0.717, 1.165) is 173 Å². The van der Waals surface area contributed by atoms with Crippen molar-refractivity contribution in [1.29, 1.82) is 0 Å². The SMILES string of the molecule is Cc1ccc(Oc2cc3c4c(cc(Oc5ccc(C)cc5C)c5c6c(Oc7ccc(C)cc7C)cc7c8c(cc(Oc9ccc(C)cc9C)c(c2c45)c86)C(=O)N(C(Cc2ccc(O)cc2)C(=O)N(C2CCCCC2)C2CCCCC2)C7=O)C(=O)N(C(Cc2ccc(O)cc2)C(=O)N(C2CCCCC2)C2CCCCC2)C3=O)c(C)c1. The van der Waals surface area contributed by atoms with E-state index >= 15 is 28.8 Å². The first kappa shape index (κ1) is 75.4. The van der Waals surface area contributed by atoms with E-state index in [-0.39, 0.29) is 116 Å². The van der Waals surface area contributed by atoms with Gasteiger partial charge in [0.2, 0.25) is 11.8 Å². The minimum Gasteiger partial charge on any atom is -0.508 e. The Balaban J connectivity index is 0.999. The maximum absolute atomic E-state index is 17.2. The minimum atomic E-state index is -1.37. The molecule has 4 aliphatic carbocycles. The molecular formula is C98H100N4O12. The Bertz CT molecular complexity index is 5060. The van der Waals surface area contributed by atoms with Crippen LogP contribution in [0.4, 0.5) is 0 Å². The van der Waals surface area contributed by atoms with E-state index in [4.69, 9.17) is 18.9 Å². The van der Waals surface area contributed by atoms with Gasteiger partial charge in [0.05, 0.1) is 22.3 Å². The first-order valence-electron chi connectivity index (χ1n) is 41.5. The second-order valence-corrected chi connectivity index (χ2v) is 33.6. The van der Waals surface area contributed by atoms with Crippen LogP contribution >= 0.6 is 0 Å². The summed E-state index contributed by atoms with van der Waals surface area (Å²) in [6.45, 7) is 15.8. The summed E-state index contributed by atoms with van der Waals surface area (Å²) in [6.07, 6.45) is 18.0. The van der Waals surface area contributed by atoms with Crippen molar-refractivity contribution in [3.8, 4) is 57.5 Å². The monoisotopic (exact) mass is 1520 g/mol. The van der Waals surface area contributed by atoms with Gasteiger partial charge in [-0.2, -0.15) is 0 Å². The number of hydrogen-bond acceptors (Lipinski definition) is 12. The first-order valence-corrected chi connectivity index (χ1v) is 41.5. The lowest BCUT2D eigenvalue weighted by atomic mass is 9.80. The number of phenolic OH excluding ortho intramolecular Hbond substituents is 2. The molecule has 0 bridgehead atoms. The zero-order chi connectivity index (χ0) is 79.1. The van der Waals surface area contributed by atoms with E-state index in [0.29, 0.717) is 66.4 Å². The highest BCUT2D eigenvalue weighted by Crippen LogP contribution is 2.59. The number of hydrogen-bond donors (Lipinski definition) is 2. The zero-order valence-corrected chi connectivity index (χ0v) is 66.6. The number of amides is 6. The van der Waals surface area contributed by atoms with Crippen molar-refractivity contribution in [3.05, 3.63) is 223 Å². The Kier molecular flexibility index (Phi) is 20.5. The van der Waals surface area contributed by atoms with Crippen LogP contribution in [-0.4, -0.2) is 102 Å². The van der Waals surface area contributed by atoms with Gasteiger partial charge in [-0.3, -0.25) is 38.6 Å². The summed E-state index contributed by atoms with van der Waals surface area (Å²) in [6, 6.07) is 40.2. The Hall–Kier alpha value is -11.3. The molecule has 2 unspecified atom stereocenters. The number of carbonyl (C=O) groups is 6. The molecule has 0 spiro atoms. The van der Waals surface area contributed by atoms with Crippen molar-refractivity contribution in [2.45, 2.75) is 233 Å². The van der Waals surface area contributed by atoms with Gasteiger partial charge in [0, 0.05) is 80.1 Å². The van der Waals surface area contributed by atoms with Crippen LogP contribution in [0.3, 0.4) is 0 Å². The van der Waals surface area contributed by atoms with E-state index in [1.807, 2.05) is 128 Å². The molecule has 2 N–H and O–H groups in total. The standard InChI is InChI=1S/C98H100N4O12/c1-55-29-41-77(59(5)45-55)111-81-51-71-85-72(94(106)101(93(71)105)75(49-63-33-37-69(103)38-34-63)97(109)99(65-21-13-9-14-22-65)66-23-15-10-16-24-66)53-83(113-79-43-31-57(3)47-61(79)7)89-90-84(114-80-44-32-58(4)48-62(80)8)54-74-86-73(52-82(88(92(86)90)87(81)91(85)89)112-78-42-30-56(2)46-60(78)6)95(107)102(96(74)108)76(50-64-35-39-70(104)40-36-64)98(110)100(67-25-17-11-18-26-67)68-27-19-12-20-28-68/h29-48,51-54,65-68,75-76,103-104H,9-28,49-50H2,1-8H3. The second kappa shape index (κ2) is 30.9. The lowest BCUT2D eigenvalue weighted by molar-refractivity contribution is -0.143. The van der Waals surface area contributed by atoms with Gasteiger partial charge in [-0.05, 0) is 213 Å². The summed E-state index contributed by atoms with van der Waals surface area (Å²) in [7, 11) is 0. The van der Waals surface area contributed by atoms with E-state index < -0.39 is 35.7 Å². The van der Waals surface area contributed by atoms with E-state index in [2.05, 4.69) is 9.80 Å². The highest BCUT2D eigenvalue weighted by molar-refractivity contribution is 6.45. The van der Waals surface area contributed by atoms with Gasteiger partial charge in [-0.25, -0.2) is 0 Å². The maximum atomic E-state index is 17.2. The van der Waals surface area contributed by atoms with Crippen molar-refractivity contribution in [2.24, 2.45) is 0 Å². The molecule has 0 aromatic heterocycles. The van der Waals surface area contributed by atoms with Crippen molar-refractivity contribution < 1.29 is 57.9 Å². The molecule has 2 heterocycles. The third kappa shape index (κ3) is 13.9. The summed E-state index contributed by atoms with van der Waals surface area (Å²) < 4.78 is 30.3. The fourth-order valence-electron chi connectivity index (χ4n) is 19.9. The van der Waals surface area contributed by atoms with Gasteiger partial charge < -0.3 is 39.0 Å². The molecule has 0 saturated heterocycles. The van der Waals surface area contributed by atoms with Crippen LogP contribution in [0.25, 0.3) is 43.1 Å². The third-order valence-electron chi connectivity index (χ3n) is 25.5. The number of ether oxygens (including phenoxy) is 4. The highest BCUT2D eigenvalue weighted by Gasteiger charge is 2.50. The predicted molar refractivity (Wildman–Crippen MR) is 445 cm³/mol. The molecule has 114 heavy (non-hydrogen) atoms. The van der Waals surface area contributed by atoms with E-state index in [1.54, 1.807) is 72.8 Å². The molecule has 2 atom stereocenters. The molecule has 17 rings (SSSR count). The van der Waals surface area contributed by atoms with Gasteiger partial charge in [0.15, 0.2) is 0 Å². The fourth-order valence-corrected chi connectivity index (χ4v) is 19.9. The number of carbonyl (C=O) groups excluding carboxylic acids is 6. The van der Waals surface area contributed by atoms with Gasteiger partial charge in [0.1, 0.15) is 69.6 Å². The fraction of sp³-hybridized carbons (Fsp3) is 0.367. The van der Waals surface area contributed by atoms with Gasteiger partial charge in [0.25, 0.3) is 23.6 Å². The predicted octanol–water partition coefficient (Wildman–Crippen LogP) is 22.2. The molecule has 16 nitrogen and oxygen atoms in total. The van der Waals surface area contributed by atoms with Crippen LogP contribution < -0.4 is 18.9 Å². The number of aryl methyl sites for hydroxylation is 8. The van der Waals surface area contributed by atoms with Gasteiger partial charge in [-0.15, -0.1) is 0 Å². The van der Waals surface area contributed by atoms with Crippen LogP contribution in [0.2, 0.25) is 0 Å². The van der Waals surface area contributed by atoms with Crippen LogP contribution in [0.15, 0.2) is 146 Å². The maximum Gasteiger partial charge on any atom is 0.262 e. The number of fused-ring (bicyclic) bond motifs is 2. The average Bonchev–Trinajstić information content (AvgIpc) is 0.669. The summed E-state index contributed by atoms with van der Waals surface area (Å²) in [5.74, 6) is -1.16. The van der Waals surface area contributed by atoms with Crippen LogP contribution in [0.5, 0.6) is 57.5 Å². The van der Waals surface area contributed by atoms with Crippen molar-refractivity contribution in [3.63, 3.8) is 0 Å². The molecule has 4 fully saturated rings. The van der Waals surface area contributed by atoms with Gasteiger partial charge >= 0.3 is 0 Å². The normalized spacial score (nSPS) is 17.2. The van der Waals surface area contributed by atoms with Crippen LogP contribution in [0.1, 0.15) is 225 Å². The molecule has 584 valence electrons. The molecule has 16 heteroatoms. The number of imide groups is 2. The quantitative estimate of drug-likeness (QED) is 0.0417. The summed E-state index contributed by atoms with van der Waals surface area (Å²) in [5, 5.41) is 24.0. The number of aromatic hydroxyl groups is 2. The Labute approximate surface area is 666 Å². The van der Waals surface area contributed by atoms with E-state index in [1.165, 1.54) is 9.80 Å². The minimum absolute atomic E-state index is 0.0274. The highest BCUT2D eigenvalue weighted by atomic mass is 16.5. The molecule has 6 aliphatic rings. The molecule has 11 aromatic carbocycles. The van der Waals surface area contributed by atoms with E-state index in [9.17, 15) is 10.2 Å². The number of benzene rings is 11. The van der Waals surface area contributed by atoms with Crippen LogP contribution in [0, 0.1) is 55.4 Å². The Morgan fingerprint density at radius 2 is 0.553 bits per heavy atom. The molecule has 0 radical (unpaired) electrons. The smallest absolute Gasteiger partial charge is 0.262 e. The number of phenols is 2. The molecule has 6 amide bonds. The Morgan fingerprint density at radius 1 is 0.316 bits per heavy atom. The number of rotatable bonds is 20. The first-order chi connectivity index (χ1) is 55.1. The van der Waals surface area contributed by atoms with Crippen LogP contribution in [-0.2, 0) is 22.4 Å². The topological polar surface area (TPSA) is 193 Å². The third-order valence-corrected chi connectivity index (χ3v) is 25.5. The molecule has 11 aromatic rings. The second-order valence-electron chi connectivity index (χ2n) is 33.6. The van der Waals surface area contributed by atoms with Gasteiger partial charge in [-0.1, -0.05) is 172 Å². The lowest BCUT2D eigenvalue weighted by Crippen LogP contribution is -2.59. The zero-order valence-electron chi connectivity index (χ0n) is 66.6. The summed E-state index contributed by atoms with van der Waals surface area (Å²) in [4.78, 5) is 109.